The van der Waals surface area contributed by atoms with Gasteiger partial charge in [0.25, 0.3) is 5.56 Å². The van der Waals surface area contributed by atoms with E-state index in [-0.39, 0.29) is 29.0 Å². The Hall–Kier alpha value is -3.80. The number of fused-ring (bicyclic) bond motifs is 3. The summed E-state index contributed by atoms with van der Waals surface area (Å²) in [5.41, 5.74) is 3.42. The third-order valence-electron chi connectivity index (χ3n) is 6.72. The van der Waals surface area contributed by atoms with Gasteiger partial charge in [0, 0.05) is 4.88 Å². The van der Waals surface area contributed by atoms with Crippen molar-refractivity contribution in [1.82, 2.24) is 19.4 Å². The number of nitrogens with zero attached hydrogens (tertiary/aromatic N) is 5. The maximum atomic E-state index is 13.4. The zero-order chi connectivity index (χ0) is 25.8. The van der Waals surface area contributed by atoms with Gasteiger partial charge in [0.2, 0.25) is 0 Å². The molecule has 4 aromatic heterocycles. The van der Waals surface area contributed by atoms with Gasteiger partial charge in [-0.1, -0.05) is 20.8 Å². The summed E-state index contributed by atoms with van der Waals surface area (Å²) in [5, 5.41) is 15.3. The van der Waals surface area contributed by atoms with Crippen LogP contribution in [0.3, 0.4) is 0 Å². The number of aromatic nitrogens is 4. The summed E-state index contributed by atoms with van der Waals surface area (Å²) >= 11 is 1.57. The van der Waals surface area contributed by atoms with Gasteiger partial charge in [-0.15, -0.1) is 11.3 Å². The van der Waals surface area contributed by atoms with Crippen LogP contribution in [0.1, 0.15) is 59.8 Å². The highest BCUT2D eigenvalue weighted by molar-refractivity contribution is 7.18. The molecule has 5 rings (SSSR count). The van der Waals surface area contributed by atoms with Gasteiger partial charge in [-0.05, 0) is 55.2 Å². The zero-order valence-corrected chi connectivity index (χ0v) is 21.2. The smallest absolute Gasteiger partial charge is 0.307 e. The molecule has 12 heteroatoms. The second kappa shape index (κ2) is 8.70. The molecule has 1 N–H and O–H groups in total. The molecule has 1 atom stereocenters. The average Bonchev–Trinajstić information content (AvgIpc) is 3.54. The molecule has 0 aliphatic heterocycles. The van der Waals surface area contributed by atoms with E-state index in [2.05, 4.69) is 36.3 Å². The van der Waals surface area contributed by atoms with Crippen molar-refractivity contribution in [2.45, 2.75) is 53.5 Å². The van der Waals surface area contributed by atoms with Gasteiger partial charge in [0.15, 0.2) is 5.76 Å². The molecule has 4 aromatic rings. The van der Waals surface area contributed by atoms with E-state index in [0.29, 0.717) is 27.7 Å². The monoisotopic (exact) mass is 510 g/mol. The fourth-order valence-electron chi connectivity index (χ4n) is 4.63. The molecule has 0 spiro atoms. The minimum absolute atomic E-state index is 0.00146. The molecule has 36 heavy (non-hydrogen) atoms. The molecule has 1 aliphatic rings. The number of amides is 1. The number of aryl methyl sites for hydroxylation is 2. The maximum absolute atomic E-state index is 13.4. The lowest BCUT2D eigenvalue weighted by Gasteiger charge is -2.33. The lowest BCUT2D eigenvalue weighted by Crippen LogP contribution is -2.35. The molecule has 0 saturated heterocycles. The second-order valence-electron chi connectivity index (χ2n) is 10.1. The van der Waals surface area contributed by atoms with E-state index >= 15 is 0 Å². The van der Waals surface area contributed by atoms with Crippen LogP contribution in [0.4, 0.5) is 5.69 Å². The number of carbonyl (C=O) groups excluding carboxylic acids is 1. The number of nitro groups is 1. The number of hydrogen-bond donors (Lipinski definition) is 1. The number of furan rings is 1. The van der Waals surface area contributed by atoms with Gasteiger partial charge in [-0.25, -0.2) is 9.66 Å². The molecule has 0 fully saturated rings. The second-order valence-corrected chi connectivity index (χ2v) is 11.2. The molecular formula is C24H26N6O5S. The van der Waals surface area contributed by atoms with Crippen LogP contribution in [0.15, 0.2) is 33.7 Å². The Bertz CT molecular complexity index is 1550. The number of hydrogen-bond acceptors (Lipinski definition) is 8. The Morgan fingerprint density at radius 2 is 2.14 bits per heavy atom. The molecule has 0 aromatic carbocycles. The Morgan fingerprint density at radius 1 is 1.36 bits per heavy atom. The van der Waals surface area contributed by atoms with Gasteiger partial charge in [-0.2, -0.15) is 5.10 Å². The highest BCUT2D eigenvalue weighted by Gasteiger charge is 2.32. The summed E-state index contributed by atoms with van der Waals surface area (Å²) in [5.74, 6) is 0.704. The quantitative estimate of drug-likeness (QED) is 0.316. The Labute approximate surface area is 209 Å². The van der Waals surface area contributed by atoms with Gasteiger partial charge in [0.1, 0.15) is 28.8 Å². The first-order valence-electron chi connectivity index (χ1n) is 11.6. The molecule has 1 aliphatic carbocycles. The van der Waals surface area contributed by atoms with Crippen LogP contribution in [0, 0.1) is 28.4 Å². The number of nitrogens with one attached hydrogen (secondary N) is 1. The Kier molecular flexibility index (Phi) is 5.78. The number of thiophene rings is 1. The van der Waals surface area contributed by atoms with Crippen molar-refractivity contribution in [1.29, 1.82) is 0 Å². The van der Waals surface area contributed by atoms with Crippen molar-refractivity contribution in [2.75, 3.05) is 5.43 Å². The van der Waals surface area contributed by atoms with Gasteiger partial charge in [0.05, 0.1) is 16.9 Å². The average molecular weight is 511 g/mol. The molecule has 0 radical (unpaired) electrons. The third kappa shape index (κ3) is 4.32. The van der Waals surface area contributed by atoms with Crippen LogP contribution in [-0.4, -0.2) is 30.3 Å². The molecule has 0 unspecified atom stereocenters. The summed E-state index contributed by atoms with van der Waals surface area (Å²) in [7, 11) is 0. The van der Waals surface area contributed by atoms with Gasteiger partial charge in [-0.3, -0.25) is 29.8 Å². The van der Waals surface area contributed by atoms with Crippen LogP contribution in [0.25, 0.3) is 10.2 Å². The van der Waals surface area contributed by atoms with Crippen LogP contribution < -0.4 is 11.0 Å². The lowest BCUT2D eigenvalue weighted by atomic mass is 9.72. The molecule has 4 heterocycles. The SMILES string of the molecule is Cc1nc2sc3c(c2c(=O)n1NC(=O)c1ccc(Cn2cc([N+](=O)[O-])cn2)o1)CC[C@@H](C(C)(C)C)C3. The van der Waals surface area contributed by atoms with Crippen molar-refractivity contribution in [2.24, 2.45) is 11.3 Å². The molecule has 1 amide bonds. The summed E-state index contributed by atoms with van der Waals surface area (Å²) in [4.78, 5) is 43.2. The van der Waals surface area contributed by atoms with E-state index in [1.54, 1.807) is 24.3 Å². The highest BCUT2D eigenvalue weighted by atomic mass is 32.1. The molecule has 188 valence electrons. The molecule has 11 nitrogen and oxygen atoms in total. The lowest BCUT2D eigenvalue weighted by molar-refractivity contribution is -0.385. The van der Waals surface area contributed by atoms with Gasteiger partial charge >= 0.3 is 11.6 Å². The van der Waals surface area contributed by atoms with Gasteiger partial charge < -0.3 is 4.42 Å². The minimum atomic E-state index is -0.601. The van der Waals surface area contributed by atoms with E-state index in [1.165, 1.54) is 26.5 Å². The first-order chi connectivity index (χ1) is 17.0. The number of carbonyl (C=O) groups is 1. The van der Waals surface area contributed by atoms with E-state index < -0.39 is 10.8 Å². The molecular weight excluding hydrogens is 484 g/mol. The van der Waals surface area contributed by atoms with Crippen molar-refractivity contribution in [3.05, 3.63) is 72.8 Å². The van der Waals surface area contributed by atoms with Crippen LogP contribution in [0.5, 0.6) is 0 Å². The highest BCUT2D eigenvalue weighted by Crippen LogP contribution is 2.42. The van der Waals surface area contributed by atoms with E-state index in [1.807, 2.05) is 0 Å². The predicted molar refractivity (Wildman–Crippen MR) is 134 cm³/mol. The van der Waals surface area contributed by atoms with Crippen molar-refractivity contribution in [3.8, 4) is 0 Å². The van der Waals surface area contributed by atoms with Crippen molar-refractivity contribution >= 4 is 33.1 Å². The topological polar surface area (TPSA) is 138 Å². The van der Waals surface area contributed by atoms with Crippen molar-refractivity contribution < 1.29 is 14.1 Å². The van der Waals surface area contributed by atoms with E-state index in [4.69, 9.17) is 4.42 Å². The Morgan fingerprint density at radius 3 is 2.83 bits per heavy atom. The third-order valence-corrected chi connectivity index (χ3v) is 7.87. The first kappa shape index (κ1) is 23.9. The largest absolute Gasteiger partial charge is 0.454 e. The Balaban J connectivity index is 1.38. The summed E-state index contributed by atoms with van der Waals surface area (Å²) in [6, 6.07) is 3.06. The fourth-order valence-corrected chi connectivity index (χ4v) is 5.97. The minimum Gasteiger partial charge on any atom is -0.454 e. The van der Waals surface area contributed by atoms with E-state index in [0.717, 1.165) is 31.0 Å². The summed E-state index contributed by atoms with van der Waals surface area (Å²) in [6.07, 6.45) is 5.17. The van der Waals surface area contributed by atoms with Crippen LogP contribution in [0.2, 0.25) is 0 Å². The summed E-state index contributed by atoms with van der Waals surface area (Å²) < 4.78 is 8.12. The van der Waals surface area contributed by atoms with Crippen LogP contribution in [-0.2, 0) is 19.4 Å². The fraction of sp³-hybridized carbons (Fsp3) is 0.417. The molecule has 0 saturated carbocycles. The predicted octanol–water partition coefficient (Wildman–Crippen LogP) is 4.05. The zero-order valence-electron chi connectivity index (χ0n) is 20.4. The van der Waals surface area contributed by atoms with E-state index in [9.17, 15) is 19.7 Å². The summed E-state index contributed by atoms with van der Waals surface area (Å²) in [6.45, 7) is 8.54. The van der Waals surface area contributed by atoms with Crippen LogP contribution >= 0.6 is 11.3 Å². The normalized spacial score (nSPS) is 15.7. The molecule has 0 bridgehead atoms. The first-order valence-corrected chi connectivity index (χ1v) is 12.4. The maximum Gasteiger partial charge on any atom is 0.307 e. The standard InChI is InChI=1S/C24H26N6O5S/c1-13-26-22-20(17-7-5-14(24(2,3)4)9-19(17)36-22)23(32)29(13)27-21(31)18-8-6-16(35-18)12-28-11-15(10-25-28)30(33)34/h6,8,10-11,14H,5,7,9,12H2,1-4H3,(H,27,31)/t14-/m1/s1. The number of rotatable bonds is 5. The van der Waals surface area contributed by atoms with Crippen molar-refractivity contribution in [3.63, 3.8) is 0 Å².